The van der Waals surface area contributed by atoms with Crippen LogP contribution in [0.4, 0.5) is 0 Å². The third kappa shape index (κ3) is 16.2. The summed E-state index contributed by atoms with van der Waals surface area (Å²) in [4.78, 5) is 72.2. The molecule has 1 aliphatic carbocycles. The number of amides is 1. The van der Waals surface area contributed by atoms with Crippen LogP contribution in [0.1, 0.15) is 126 Å². The van der Waals surface area contributed by atoms with Gasteiger partial charge in [-0.3, -0.25) is 23.7 Å². The number of hydrogen-bond donors (Lipinski definition) is 2. The molecule has 3 aliphatic heterocycles. The maximum absolute atomic E-state index is 14.5. The highest BCUT2D eigenvalue weighted by Gasteiger charge is 2.53. The number of carbonyl (C=O) groups is 5. The van der Waals surface area contributed by atoms with Crippen molar-refractivity contribution in [1.29, 1.82) is 0 Å². The van der Waals surface area contributed by atoms with Gasteiger partial charge in [-0.15, -0.1) is 0 Å². The van der Waals surface area contributed by atoms with E-state index in [-0.39, 0.29) is 60.9 Å². The first-order valence-corrected chi connectivity index (χ1v) is 27.7. The normalized spacial score (nSPS) is 39.0. The molecule has 4 rings (SSSR count). The van der Waals surface area contributed by atoms with Crippen molar-refractivity contribution < 1.29 is 67.0 Å². The number of allylic oxidation sites excluding steroid dienone is 6. The minimum absolute atomic E-state index is 0.0117. The van der Waals surface area contributed by atoms with Gasteiger partial charge in [-0.25, -0.2) is 4.79 Å². The number of cyclic esters (lactones) is 1. The molecule has 4 aliphatic rings. The minimum Gasteiger partial charge on any atom is -0.460 e. The number of carbonyl (C=O) groups excluding carboxylic acids is 5. The van der Waals surface area contributed by atoms with Crippen LogP contribution in [-0.4, -0.2) is 140 Å². The highest BCUT2D eigenvalue weighted by atomic mass is 31.2. The summed E-state index contributed by atoms with van der Waals surface area (Å²) in [6.07, 6.45) is 11.4. The number of nitrogens with zero attached hydrogens (tertiary/aromatic N) is 1. The van der Waals surface area contributed by atoms with Crippen LogP contribution < -0.4 is 0 Å². The molecule has 1 saturated carbocycles. The van der Waals surface area contributed by atoms with Crippen molar-refractivity contribution in [1.82, 2.24) is 4.90 Å². The Morgan fingerprint density at radius 2 is 1.57 bits per heavy atom. The predicted octanol–water partition coefficient (Wildman–Crippen LogP) is 7.74. The van der Waals surface area contributed by atoms with E-state index in [2.05, 4.69) is 0 Å². The number of aliphatic hydroxyl groups is 2. The van der Waals surface area contributed by atoms with Gasteiger partial charge in [0, 0.05) is 71.8 Å². The van der Waals surface area contributed by atoms with E-state index in [1.807, 2.05) is 58.1 Å². The number of piperidine rings is 1. The molecule has 0 radical (unpaired) electrons. The zero-order chi connectivity index (χ0) is 51.4. The molecular formula is C53H84NO14P. The maximum Gasteiger partial charge on any atom is 0.329 e. The molecule has 3 heterocycles. The zero-order valence-electron chi connectivity index (χ0n) is 43.4. The molecule has 1 amide bonds. The standard InChI is InChI=1S/C53H84NO14P/c1-32-18-14-13-15-19-33(2)44(63-8)30-40-23-21-38(7)53(61,67-40)50(58)51(59)54-25-17-16-20-41(54)52(60)66-45(35(4)28-39-22-24-43(46(29-39)64-9)68-69(11,12)62)31-42(55)34(3)27-37(6)48(57)49(65-10)47(56)36(5)26-32/h13-15,18-19,27,32,34-36,38-41,43-46,48-49,57,61H,16-17,20-26,28-31H2,1-12H3/b15-13+,18-14+,33-19+,37-27+/t32-,34+,35+,36+,38-,39-,40+,41+,43-,44+,45-,46+,48-,49+,53+/m0/s1. The zero-order valence-corrected chi connectivity index (χ0v) is 44.3. The average Bonchev–Trinajstić information content (AvgIpc) is 3.30. The van der Waals surface area contributed by atoms with Crippen molar-refractivity contribution in [3.8, 4) is 0 Å². The monoisotopic (exact) mass is 990 g/mol. The molecular weight excluding hydrogens is 906 g/mol. The van der Waals surface area contributed by atoms with E-state index in [9.17, 15) is 38.8 Å². The van der Waals surface area contributed by atoms with E-state index in [0.29, 0.717) is 63.4 Å². The fourth-order valence-corrected chi connectivity index (χ4v) is 11.4. The number of ether oxygens (including phenoxy) is 5. The number of esters is 1. The third-order valence-electron chi connectivity index (χ3n) is 14.8. The number of aliphatic hydroxyl groups excluding tert-OH is 1. The summed E-state index contributed by atoms with van der Waals surface area (Å²) in [5, 5.41) is 23.5. The second-order valence-corrected chi connectivity index (χ2v) is 23.6. The van der Waals surface area contributed by atoms with Gasteiger partial charge in [0.2, 0.25) is 5.79 Å². The van der Waals surface area contributed by atoms with Crippen LogP contribution in [-0.2, 0) is 56.7 Å². The van der Waals surface area contributed by atoms with Gasteiger partial charge in [0.15, 0.2) is 13.2 Å². The lowest BCUT2D eigenvalue weighted by atomic mass is 9.78. The van der Waals surface area contributed by atoms with Crippen LogP contribution in [0, 0.1) is 35.5 Å². The van der Waals surface area contributed by atoms with Crippen LogP contribution >= 0.6 is 7.37 Å². The van der Waals surface area contributed by atoms with E-state index in [4.69, 9.17) is 28.2 Å². The Bertz CT molecular complexity index is 1940. The summed E-state index contributed by atoms with van der Waals surface area (Å²) in [7, 11) is 1.76. The second-order valence-electron chi connectivity index (χ2n) is 20.9. The van der Waals surface area contributed by atoms with Gasteiger partial charge in [-0.1, -0.05) is 71.1 Å². The molecule has 0 unspecified atom stereocenters. The number of fused-ring (bicyclic) bond motifs is 3. The summed E-state index contributed by atoms with van der Waals surface area (Å²) >= 11 is 0. The van der Waals surface area contributed by atoms with Gasteiger partial charge < -0.3 is 43.3 Å². The molecule has 0 aromatic heterocycles. The quantitative estimate of drug-likeness (QED) is 0.104. The van der Waals surface area contributed by atoms with Gasteiger partial charge >= 0.3 is 5.97 Å². The molecule has 16 heteroatoms. The molecule has 390 valence electrons. The SMILES string of the molecule is CO[C@@H]1C(=O)[C@H](C)C[C@@H](C)/C=C/C=C/C=C(\C)[C@H](OC)C[C@H]2CC[C@H](C)[C@@](O)(O2)C(=O)C(=O)N2CCCC[C@@H]2C(=O)O[C@H]([C@H](C)C[C@@H]2CC[C@H](OP(C)(C)=O)[C@H](OC)C2)CC(=O)[C@H](C)/C=C(\C)[C@@H]1O. The molecule has 0 aromatic carbocycles. The van der Waals surface area contributed by atoms with Gasteiger partial charge in [-0.05, 0) is 107 Å². The lowest BCUT2D eigenvalue weighted by molar-refractivity contribution is -0.265. The van der Waals surface area contributed by atoms with E-state index in [1.54, 1.807) is 54.4 Å². The molecule has 2 saturated heterocycles. The van der Waals surface area contributed by atoms with Crippen molar-refractivity contribution in [2.75, 3.05) is 41.2 Å². The lowest BCUT2D eigenvalue weighted by Crippen LogP contribution is -2.61. The van der Waals surface area contributed by atoms with Gasteiger partial charge in [0.1, 0.15) is 30.1 Å². The van der Waals surface area contributed by atoms with Crippen LogP contribution in [0.25, 0.3) is 0 Å². The Morgan fingerprint density at radius 3 is 2.22 bits per heavy atom. The van der Waals surface area contributed by atoms with E-state index in [0.717, 1.165) is 12.0 Å². The molecule has 15 nitrogen and oxygen atoms in total. The van der Waals surface area contributed by atoms with Crippen LogP contribution in [0.5, 0.6) is 0 Å². The first-order chi connectivity index (χ1) is 32.4. The summed E-state index contributed by atoms with van der Waals surface area (Å²) in [6.45, 7) is 15.9. The fourth-order valence-electron chi connectivity index (χ4n) is 10.5. The Labute approximate surface area is 411 Å². The first kappa shape index (κ1) is 58.4. The number of ketones is 3. The van der Waals surface area contributed by atoms with E-state index >= 15 is 0 Å². The van der Waals surface area contributed by atoms with E-state index in [1.165, 1.54) is 12.0 Å². The highest BCUT2D eigenvalue weighted by molar-refractivity contribution is 7.57. The van der Waals surface area contributed by atoms with Crippen molar-refractivity contribution in [3.05, 3.63) is 47.6 Å². The van der Waals surface area contributed by atoms with Gasteiger partial charge in [0.25, 0.3) is 11.7 Å². The van der Waals surface area contributed by atoms with Crippen molar-refractivity contribution >= 4 is 36.6 Å². The van der Waals surface area contributed by atoms with Crippen LogP contribution in [0.15, 0.2) is 47.6 Å². The van der Waals surface area contributed by atoms with Gasteiger partial charge in [-0.2, -0.15) is 0 Å². The topological polar surface area (TPSA) is 201 Å². The number of hydrogen-bond acceptors (Lipinski definition) is 14. The third-order valence-corrected chi connectivity index (χ3v) is 15.6. The van der Waals surface area contributed by atoms with Crippen molar-refractivity contribution in [2.24, 2.45) is 35.5 Å². The minimum atomic E-state index is -2.79. The number of methoxy groups -OCH3 is 3. The lowest BCUT2D eigenvalue weighted by Gasteiger charge is -2.42. The summed E-state index contributed by atoms with van der Waals surface area (Å²) in [5.74, 6) is -8.11. The Morgan fingerprint density at radius 1 is 0.855 bits per heavy atom. The Kier molecular flexibility index (Phi) is 22.5. The molecule has 0 spiro atoms. The second kappa shape index (κ2) is 26.5. The Balaban J connectivity index is 1.70. The van der Waals surface area contributed by atoms with Crippen molar-refractivity contribution in [3.63, 3.8) is 0 Å². The van der Waals surface area contributed by atoms with Crippen LogP contribution in [0.3, 0.4) is 0 Å². The van der Waals surface area contributed by atoms with Crippen molar-refractivity contribution in [2.45, 2.75) is 180 Å². The summed E-state index contributed by atoms with van der Waals surface area (Å²) in [6, 6.07) is -1.16. The largest absolute Gasteiger partial charge is 0.460 e. The van der Waals surface area contributed by atoms with E-state index < -0.39 is 85.1 Å². The summed E-state index contributed by atoms with van der Waals surface area (Å²) < 4.78 is 48.2. The highest BCUT2D eigenvalue weighted by Crippen LogP contribution is 2.45. The Hall–Kier alpha value is -3.14. The molecule has 2 bridgehead atoms. The number of Topliss-reactive ketones (excluding diaryl/α,β-unsaturated/α-hetero) is 3. The average molecular weight is 990 g/mol. The molecule has 15 atom stereocenters. The molecule has 69 heavy (non-hydrogen) atoms. The molecule has 0 aromatic rings. The number of rotatable bonds is 8. The molecule has 2 N–H and O–H groups in total. The van der Waals surface area contributed by atoms with Gasteiger partial charge in [0.05, 0.1) is 24.4 Å². The fraction of sp³-hybridized carbons (Fsp3) is 0.755. The smallest absolute Gasteiger partial charge is 0.329 e. The van der Waals surface area contributed by atoms with Crippen LogP contribution in [0.2, 0.25) is 0 Å². The predicted molar refractivity (Wildman–Crippen MR) is 263 cm³/mol. The first-order valence-electron chi connectivity index (χ1n) is 25.2. The maximum atomic E-state index is 14.5. The molecule has 3 fully saturated rings. The summed E-state index contributed by atoms with van der Waals surface area (Å²) in [5.41, 5.74) is 1.25.